The van der Waals surface area contributed by atoms with Gasteiger partial charge in [-0.2, -0.15) is 0 Å². The van der Waals surface area contributed by atoms with Gasteiger partial charge >= 0.3 is 0 Å². The Morgan fingerprint density at radius 2 is 2.05 bits per heavy atom. The molecular formula is C16H27NO2S. The van der Waals surface area contributed by atoms with Gasteiger partial charge in [0.2, 0.25) is 0 Å². The minimum atomic E-state index is -0.883. The lowest BCUT2D eigenvalue weighted by atomic mass is 10.1. The van der Waals surface area contributed by atoms with Crippen LogP contribution in [0.1, 0.15) is 45.7 Å². The highest BCUT2D eigenvalue weighted by Crippen LogP contribution is 2.23. The molecule has 0 heterocycles. The molecule has 0 aliphatic rings. The van der Waals surface area contributed by atoms with Crippen LogP contribution < -0.4 is 10.1 Å². The first-order valence-corrected chi connectivity index (χ1v) is 8.46. The van der Waals surface area contributed by atoms with Crippen LogP contribution in [0.5, 0.6) is 5.75 Å². The predicted molar refractivity (Wildman–Crippen MR) is 86.8 cm³/mol. The van der Waals surface area contributed by atoms with Gasteiger partial charge in [-0.3, -0.25) is 4.21 Å². The number of hydrogen-bond acceptors (Lipinski definition) is 3. The Labute approximate surface area is 125 Å². The number of benzene rings is 1. The summed E-state index contributed by atoms with van der Waals surface area (Å²) in [5.74, 6) is 1.46. The third-order valence-corrected chi connectivity index (χ3v) is 5.14. The van der Waals surface area contributed by atoms with Gasteiger partial charge in [0.25, 0.3) is 0 Å². The van der Waals surface area contributed by atoms with E-state index in [1.54, 1.807) is 7.11 Å². The van der Waals surface area contributed by atoms with E-state index < -0.39 is 10.8 Å². The van der Waals surface area contributed by atoms with Crippen molar-refractivity contribution in [2.24, 2.45) is 0 Å². The third kappa shape index (κ3) is 5.25. The zero-order chi connectivity index (χ0) is 15.2. The summed E-state index contributed by atoms with van der Waals surface area (Å²) in [6.45, 7) is 9.11. The molecule has 20 heavy (non-hydrogen) atoms. The molecule has 1 aromatic rings. The second-order valence-corrected chi connectivity index (χ2v) is 8.16. The van der Waals surface area contributed by atoms with Crippen molar-refractivity contribution in [1.29, 1.82) is 0 Å². The van der Waals surface area contributed by atoms with Crippen LogP contribution in [-0.4, -0.2) is 28.4 Å². The first-order valence-electron chi connectivity index (χ1n) is 7.14. The molecule has 114 valence electrons. The molecule has 1 N–H and O–H groups in total. The standard InChI is InChI=1S/C16H27NO2S/c1-6-10-17-15(12-20(18)16(2,3)4)13-8-7-9-14(11-13)19-5/h7-9,11,15,17H,6,10,12H2,1-5H3. The van der Waals surface area contributed by atoms with Crippen LogP contribution in [0.4, 0.5) is 0 Å². The molecule has 0 aromatic heterocycles. The highest BCUT2D eigenvalue weighted by atomic mass is 32.2. The molecule has 0 spiro atoms. The molecule has 2 unspecified atom stereocenters. The summed E-state index contributed by atoms with van der Waals surface area (Å²) >= 11 is 0. The van der Waals surface area contributed by atoms with Crippen molar-refractivity contribution < 1.29 is 8.95 Å². The SMILES string of the molecule is CCCNC(CS(=O)C(C)(C)C)c1cccc(OC)c1. The van der Waals surface area contributed by atoms with Crippen LogP contribution in [0, 0.1) is 0 Å². The maximum atomic E-state index is 12.4. The van der Waals surface area contributed by atoms with E-state index in [0.717, 1.165) is 24.3 Å². The smallest absolute Gasteiger partial charge is 0.119 e. The molecule has 0 saturated heterocycles. The van der Waals surface area contributed by atoms with Crippen LogP contribution in [0.25, 0.3) is 0 Å². The van der Waals surface area contributed by atoms with Crippen LogP contribution >= 0.6 is 0 Å². The van der Waals surface area contributed by atoms with Gasteiger partial charge in [-0.1, -0.05) is 19.1 Å². The van der Waals surface area contributed by atoms with Gasteiger partial charge in [0, 0.05) is 27.3 Å². The van der Waals surface area contributed by atoms with Gasteiger partial charge in [-0.05, 0) is 51.4 Å². The molecule has 2 atom stereocenters. The Hall–Kier alpha value is -0.870. The lowest BCUT2D eigenvalue weighted by Crippen LogP contribution is -2.33. The first kappa shape index (κ1) is 17.2. The Kier molecular flexibility index (Phi) is 6.69. The van der Waals surface area contributed by atoms with E-state index in [2.05, 4.69) is 18.3 Å². The van der Waals surface area contributed by atoms with Crippen LogP contribution in [-0.2, 0) is 10.8 Å². The zero-order valence-electron chi connectivity index (χ0n) is 13.2. The average molecular weight is 297 g/mol. The monoisotopic (exact) mass is 297 g/mol. The molecule has 0 bridgehead atoms. The second-order valence-electron chi connectivity index (χ2n) is 5.91. The highest BCUT2D eigenvalue weighted by molar-refractivity contribution is 7.86. The van der Waals surface area contributed by atoms with E-state index in [4.69, 9.17) is 4.74 Å². The van der Waals surface area contributed by atoms with E-state index in [1.807, 2.05) is 39.0 Å². The normalized spacial score (nSPS) is 14.8. The summed E-state index contributed by atoms with van der Waals surface area (Å²) in [7, 11) is 0.784. The molecule has 3 nitrogen and oxygen atoms in total. The summed E-state index contributed by atoms with van der Waals surface area (Å²) in [4.78, 5) is 0. The second kappa shape index (κ2) is 7.79. The quantitative estimate of drug-likeness (QED) is 0.839. The minimum absolute atomic E-state index is 0.102. The van der Waals surface area contributed by atoms with Gasteiger partial charge in [-0.25, -0.2) is 0 Å². The fourth-order valence-electron chi connectivity index (χ4n) is 1.85. The summed E-state index contributed by atoms with van der Waals surface area (Å²) < 4.78 is 17.5. The van der Waals surface area contributed by atoms with Crippen molar-refractivity contribution in [3.8, 4) is 5.75 Å². The predicted octanol–water partition coefficient (Wildman–Crippen LogP) is 3.28. The molecule has 0 aliphatic heterocycles. The van der Waals surface area contributed by atoms with Crippen molar-refractivity contribution in [3.63, 3.8) is 0 Å². The van der Waals surface area contributed by atoms with Gasteiger partial charge in [0.15, 0.2) is 0 Å². The molecule has 0 aliphatic carbocycles. The van der Waals surface area contributed by atoms with E-state index in [9.17, 15) is 4.21 Å². The summed E-state index contributed by atoms with van der Waals surface area (Å²) in [5.41, 5.74) is 1.13. The van der Waals surface area contributed by atoms with E-state index in [0.29, 0.717) is 5.75 Å². The Balaban J connectivity index is 2.90. The summed E-state index contributed by atoms with van der Waals surface area (Å²) in [6, 6.07) is 8.10. The Bertz CT molecular complexity index is 440. The number of nitrogens with one attached hydrogen (secondary N) is 1. The average Bonchev–Trinajstić information content (AvgIpc) is 2.42. The van der Waals surface area contributed by atoms with Crippen molar-refractivity contribution >= 4 is 10.8 Å². The van der Waals surface area contributed by atoms with Gasteiger partial charge in [-0.15, -0.1) is 0 Å². The topological polar surface area (TPSA) is 38.3 Å². The van der Waals surface area contributed by atoms with Crippen LogP contribution in [0.15, 0.2) is 24.3 Å². The first-order chi connectivity index (χ1) is 9.38. The van der Waals surface area contributed by atoms with Crippen molar-refractivity contribution in [1.82, 2.24) is 5.32 Å². The molecule has 4 heteroatoms. The molecule has 0 saturated carbocycles. The summed E-state index contributed by atoms with van der Waals surface area (Å²) in [6.07, 6.45) is 1.06. The van der Waals surface area contributed by atoms with E-state index >= 15 is 0 Å². The maximum absolute atomic E-state index is 12.4. The van der Waals surface area contributed by atoms with E-state index in [1.165, 1.54) is 0 Å². The lowest BCUT2D eigenvalue weighted by Gasteiger charge is -2.24. The molecule has 0 radical (unpaired) electrons. The zero-order valence-corrected chi connectivity index (χ0v) is 14.0. The summed E-state index contributed by atoms with van der Waals surface area (Å²) in [5, 5.41) is 3.49. The molecule has 0 amide bonds. The number of methoxy groups -OCH3 is 1. The molecular weight excluding hydrogens is 270 g/mol. The van der Waals surface area contributed by atoms with Crippen molar-refractivity contribution in [2.75, 3.05) is 19.4 Å². The largest absolute Gasteiger partial charge is 0.497 e. The Morgan fingerprint density at radius 1 is 1.35 bits per heavy atom. The molecule has 0 fully saturated rings. The number of ether oxygens (including phenoxy) is 1. The van der Waals surface area contributed by atoms with Crippen LogP contribution in [0.3, 0.4) is 0 Å². The van der Waals surface area contributed by atoms with Crippen LogP contribution in [0.2, 0.25) is 0 Å². The molecule has 1 aromatic carbocycles. The van der Waals surface area contributed by atoms with Gasteiger partial charge < -0.3 is 10.1 Å². The van der Waals surface area contributed by atoms with Gasteiger partial charge in [0.05, 0.1) is 7.11 Å². The third-order valence-electron chi connectivity index (χ3n) is 3.14. The number of rotatable bonds is 7. The lowest BCUT2D eigenvalue weighted by molar-refractivity contribution is 0.413. The minimum Gasteiger partial charge on any atom is -0.497 e. The fourth-order valence-corrected chi connectivity index (χ4v) is 2.96. The molecule has 1 rings (SSSR count). The van der Waals surface area contributed by atoms with Gasteiger partial charge in [0.1, 0.15) is 5.75 Å². The Morgan fingerprint density at radius 3 is 2.60 bits per heavy atom. The maximum Gasteiger partial charge on any atom is 0.119 e. The van der Waals surface area contributed by atoms with E-state index in [-0.39, 0.29) is 10.8 Å². The fraction of sp³-hybridized carbons (Fsp3) is 0.625. The van der Waals surface area contributed by atoms with Crippen molar-refractivity contribution in [3.05, 3.63) is 29.8 Å². The number of hydrogen-bond donors (Lipinski definition) is 1. The van der Waals surface area contributed by atoms with Crippen molar-refractivity contribution in [2.45, 2.75) is 44.9 Å². The highest BCUT2D eigenvalue weighted by Gasteiger charge is 2.24.